The summed E-state index contributed by atoms with van der Waals surface area (Å²) < 4.78 is 7.01. The maximum absolute atomic E-state index is 12.8. The van der Waals surface area contributed by atoms with E-state index in [9.17, 15) is 4.79 Å². The molecule has 8 heteroatoms. The van der Waals surface area contributed by atoms with Gasteiger partial charge in [-0.25, -0.2) is 4.79 Å². The maximum Gasteiger partial charge on any atom is 0.348 e. The van der Waals surface area contributed by atoms with E-state index in [0.29, 0.717) is 6.61 Å². The molecule has 8 nitrogen and oxygen atoms in total. The van der Waals surface area contributed by atoms with Crippen LogP contribution in [0.2, 0.25) is 0 Å². The minimum atomic E-state index is -0.222. The Hall–Kier alpha value is -3.49. The molecule has 0 aliphatic carbocycles. The summed E-state index contributed by atoms with van der Waals surface area (Å²) in [5.74, 6) is 1.66. The Balaban J connectivity index is 1.34. The summed E-state index contributed by atoms with van der Waals surface area (Å²) in [5, 5.41) is 15.6. The molecule has 1 aliphatic heterocycles. The van der Waals surface area contributed by atoms with Crippen molar-refractivity contribution in [2.24, 2.45) is 0 Å². The van der Waals surface area contributed by atoms with Crippen LogP contribution in [0.1, 0.15) is 30.1 Å². The number of ether oxygens (including phenoxy) is 1. The van der Waals surface area contributed by atoms with Gasteiger partial charge in [-0.2, -0.15) is 4.68 Å². The van der Waals surface area contributed by atoms with Crippen LogP contribution >= 0.6 is 0 Å². The maximum atomic E-state index is 12.8. The van der Waals surface area contributed by atoms with Crippen LogP contribution in [0.15, 0.2) is 65.7 Å². The fraction of sp³-hybridized carbons (Fsp3) is 0.320. The van der Waals surface area contributed by atoms with Gasteiger partial charge in [0.15, 0.2) is 0 Å². The largest absolute Gasteiger partial charge is 0.491 e. The van der Waals surface area contributed by atoms with E-state index in [4.69, 9.17) is 14.9 Å². The van der Waals surface area contributed by atoms with Gasteiger partial charge >= 0.3 is 5.69 Å². The number of likely N-dealkylation sites (tertiary alicyclic amines) is 1. The van der Waals surface area contributed by atoms with Crippen molar-refractivity contribution < 1.29 is 9.84 Å². The minimum absolute atomic E-state index is 0.00144. The molecule has 0 saturated carbocycles. The van der Waals surface area contributed by atoms with E-state index in [1.54, 1.807) is 12.4 Å². The van der Waals surface area contributed by atoms with Gasteiger partial charge in [0.1, 0.15) is 18.2 Å². The number of rotatable bonds is 7. The average Bonchev–Trinajstić information content (AvgIpc) is 3.24. The zero-order valence-corrected chi connectivity index (χ0v) is 18.4. The van der Waals surface area contributed by atoms with Crippen molar-refractivity contribution in [1.82, 2.24) is 24.6 Å². The molecule has 4 aromatic rings. The van der Waals surface area contributed by atoms with Crippen LogP contribution in [0.3, 0.4) is 0 Å². The summed E-state index contributed by atoms with van der Waals surface area (Å²) in [7, 11) is 0. The van der Waals surface area contributed by atoms with Crippen LogP contribution < -0.4 is 10.4 Å². The number of aliphatic hydroxyl groups is 1. The summed E-state index contributed by atoms with van der Waals surface area (Å²) in [6.45, 7) is 2.92. The SMILES string of the molecule is O=c1[nH]c(C2CCCN(Cc3cccc(OCCO)c3)C2)nn1-c1cccc2cnccc12. The zero-order chi connectivity index (χ0) is 22.6. The molecule has 33 heavy (non-hydrogen) atoms. The van der Waals surface area contributed by atoms with Gasteiger partial charge in [-0.1, -0.05) is 24.3 Å². The van der Waals surface area contributed by atoms with Crippen LogP contribution in [0.4, 0.5) is 0 Å². The number of piperidine rings is 1. The molecule has 1 unspecified atom stereocenters. The lowest BCUT2D eigenvalue weighted by Crippen LogP contribution is -2.34. The third-order valence-corrected chi connectivity index (χ3v) is 6.08. The van der Waals surface area contributed by atoms with Gasteiger partial charge in [0.05, 0.1) is 12.3 Å². The van der Waals surface area contributed by atoms with E-state index in [-0.39, 0.29) is 18.2 Å². The van der Waals surface area contributed by atoms with Gasteiger partial charge in [0.25, 0.3) is 0 Å². The number of benzene rings is 2. The number of nitrogens with zero attached hydrogens (tertiary/aromatic N) is 4. The summed E-state index contributed by atoms with van der Waals surface area (Å²) in [5.41, 5.74) is 1.70. The highest BCUT2D eigenvalue weighted by Gasteiger charge is 2.25. The van der Waals surface area contributed by atoms with Crippen molar-refractivity contribution in [2.75, 3.05) is 26.3 Å². The number of aromatic nitrogens is 4. The topological polar surface area (TPSA) is 96.3 Å². The highest BCUT2D eigenvalue weighted by Crippen LogP contribution is 2.27. The van der Waals surface area contributed by atoms with Crippen LogP contribution in [0.25, 0.3) is 16.5 Å². The number of aliphatic hydroxyl groups excluding tert-OH is 1. The standard InChI is InChI=1S/C25H27N5O3/c31-12-13-33-21-7-1-4-18(14-21)16-29-11-3-6-20(17-29)24-27-25(32)30(28-24)23-8-2-5-19-15-26-10-9-22(19)23/h1-2,4-5,7-10,14-15,20,31H,3,6,11-13,16-17H2,(H,27,28,32). The van der Waals surface area contributed by atoms with E-state index in [2.05, 4.69) is 20.9 Å². The second-order valence-electron chi connectivity index (χ2n) is 8.39. The van der Waals surface area contributed by atoms with Crippen LogP contribution in [0.5, 0.6) is 5.75 Å². The van der Waals surface area contributed by atoms with E-state index in [1.165, 1.54) is 4.68 Å². The fourth-order valence-electron chi connectivity index (χ4n) is 4.56. The second kappa shape index (κ2) is 9.56. The van der Waals surface area contributed by atoms with Crippen LogP contribution in [-0.2, 0) is 6.54 Å². The normalized spacial score (nSPS) is 16.8. The molecule has 170 valence electrons. The molecule has 0 spiro atoms. The third kappa shape index (κ3) is 4.67. The van der Waals surface area contributed by atoms with Crippen molar-refractivity contribution in [3.63, 3.8) is 0 Å². The predicted octanol–water partition coefficient (Wildman–Crippen LogP) is 2.86. The lowest BCUT2D eigenvalue weighted by molar-refractivity contribution is 0.194. The smallest absolute Gasteiger partial charge is 0.348 e. The van der Waals surface area contributed by atoms with Crippen molar-refractivity contribution in [3.8, 4) is 11.4 Å². The number of H-pyrrole nitrogens is 1. The number of hydrogen-bond donors (Lipinski definition) is 2. The number of hydrogen-bond acceptors (Lipinski definition) is 6. The first-order valence-electron chi connectivity index (χ1n) is 11.3. The first-order valence-corrected chi connectivity index (χ1v) is 11.3. The Morgan fingerprint density at radius 1 is 1.18 bits per heavy atom. The molecule has 2 N–H and O–H groups in total. The molecule has 2 aromatic carbocycles. The van der Waals surface area contributed by atoms with E-state index >= 15 is 0 Å². The highest BCUT2D eigenvalue weighted by molar-refractivity contribution is 5.89. The number of aromatic amines is 1. The fourth-order valence-corrected chi connectivity index (χ4v) is 4.56. The first-order chi connectivity index (χ1) is 16.2. The first kappa shape index (κ1) is 21.4. The quantitative estimate of drug-likeness (QED) is 0.454. The summed E-state index contributed by atoms with van der Waals surface area (Å²) in [6, 6.07) is 15.7. The number of nitrogens with one attached hydrogen (secondary N) is 1. The van der Waals surface area contributed by atoms with Crippen LogP contribution in [-0.4, -0.2) is 56.1 Å². The summed E-state index contributed by atoms with van der Waals surface area (Å²) in [4.78, 5) is 22.4. The molecule has 1 atom stereocenters. The van der Waals surface area contributed by atoms with Gasteiger partial charge in [0, 0.05) is 42.2 Å². The Morgan fingerprint density at radius 3 is 3.00 bits per heavy atom. The molecular formula is C25H27N5O3. The highest BCUT2D eigenvalue weighted by atomic mass is 16.5. The molecule has 0 amide bonds. The lowest BCUT2D eigenvalue weighted by atomic mass is 9.97. The lowest BCUT2D eigenvalue weighted by Gasteiger charge is -2.31. The summed E-state index contributed by atoms with van der Waals surface area (Å²) in [6.07, 6.45) is 5.55. The molecule has 1 saturated heterocycles. The Kier molecular flexibility index (Phi) is 6.19. The van der Waals surface area contributed by atoms with Crippen molar-refractivity contribution in [1.29, 1.82) is 0 Å². The molecule has 5 rings (SSSR count). The molecule has 0 bridgehead atoms. The zero-order valence-electron chi connectivity index (χ0n) is 18.4. The van der Waals surface area contributed by atoms with Crippen molar-refractivity contribution in [3.05, 3.63) is 82.8 Å². The van der Waals surface area contributed by atoms with Gasteiger partial charge in [0.2, 0.25) is 0 Å². The van der Waals surface area contributed by atoms with Crippen LogP contribution in [0, 0.1) is 0 Å². The predicted molar refractivity (Wildman–Crippen MR) is 126 cm³/mol. The molecular weight excluding hydrogens is 418 g/mol. The summed E-state index contributed by atoms with van der Waals surface area (Å²) >= 11 is 0. The average molecular weight is 446 g/mol. The second-order valence-corrected chi connectivity index (χ2v) is 8.39. The van der Waals surface area contributed by atoms with E-state index in [0.717, 1.165) is 66.1 Å². The molecule has 1 fully saturated rings. The van der Waals surface area contributed by atoms with Crippen molar-refractivity contribution >= 4 is 10.8 Å². The van der Waals surface area contributed by atoms with E-state index in [1.807, 2.05) is 42.5 Å². The molecule has 3 heterocycles. The minimum Gasteiger partial charge on any atom is -0.491 e. The Bertz CT molecular complexity index is 1290. The Morgan fingerprint density at radius 2 is 2.09 bits per heavy atom. The van der Waals surface area contributed by atoms with Gasteiger partial charge in [-0.15, -0.1) is 5.10 Å². The Labute approximate surface area is 191 Å². The monoisotopic (exact) mass is 445 g/mol. The van der Waals surface area contributed by atoms with Crippen molar-refractivity contribution in [2.45, 2.75) is 25.3 Å². The van der Waals surface area contributed by atoms with Gasteiger partial charge in [-0.05, 0) is 49.2 Å². The molecule has 0 radical (unpaired) electrons. The number of fused-ring (bicyclic) bond motifs is 1. The van der Waals surface area contributed by atoms with Gasteiger partial charge in [-0.3, -0.25) is 14.9 Å². The molecule has 1 aliphatic rings. The molecule has 2 aromatic heterocycles. The third-order valence-electron chi connectivity index (χ3n) is 6.08. The van der Waals surface area contributed by atoms with E-state index < -0.39 is 0 Å². The number of pyridine rings is 1. The van der Waals surface area contributed by atoms with Gasteiger partial charge < -0.3 is 9.84 Å².